The summed E-state index contributed by atoms with van der Waals surface area (Å²) in [5.74, 6) is 0.426. The van der Waals surface area contributed by atoms with Crippen molar-refractivity contribution in [3.05, 3.63) is 29.8 Å². The molecule has 1 aromatic rings. The van der Waals surface area contributed by atoms with Gasteiger partial charge in [0.05, 0.1) is 0 Å². The zero-order valence-electron chi connectivity index (χ0n) is 13.7. The van der Waals surface area contributed by atoms with Gasteiger partial charge in [0.1, 0.15) is 5.75 Å². The van der Waals surface area contributed by atoms with Crippen LogP contribution in [0.4, 0.5) is 13.2 Å². The Balaban J connectivity index is 2.17. The predicted molar refractivity (Wildman–Crippen MR) is 84.4 cm³/mol. The number of hydrogen-bond donors (Lipinski definition) is 1. The van der Waals surface area contributed by atoms with Crippen molar-refractivity contribution in [2.75, 3.05) is 26.2 Å². The van der Waals surface area contributed by atoms with Gasteiger partial charge in [0.2, 0.25) is 0 Å². The summed E-state index contributed by atoms with van der Waals surface area (Å²) >= 11 is 0. The average Bonchev–Trinajstić information content (AvgIpc) is 2.47. The quantitative estimate of drug-likeness (QED) is 0.854. The van der Waals surface area contributed by atoms with Gasteiger partial charge in [-0.05, 0) is 36.5 Å². The van der Waals surface area contributed by atoms with E-state index in [1.807, 2.05) is 6.07 Å². The van der Waals surface area contributed by atoms with Crippen molar-refractivity contribution in [1.82, 2.24) is 10.2 Å². The summed E-state index contributed by atoms with van der Waals surface area (Å²) in [6, 6.07) is 6.56. The zero-order chi connectivity index (χ0) is 16.9. The Morgan fingerprint density at radius 1 is 1.17 bits per heavy atom. The second-order valence-corrected chi connectivity index (χ2v) is 6.39. The smallest absolute Gasteiger partial charge is 0.406 e. The van der Waals surface area contributed by atoms with Crippen molar-refractivity contribution in [1.29, 1.82) is 0 Å². The Hall–Kier alpha value is -1.27. The maximum Gasteiger partial charge on any atom is 0.573 e. The van der Waals surface area contributed by atoms with Gasteiger partial charge >= 0.3 is 6.36 Å². The van der Waals surface area contributed by atoms with Gasteiger partial charge in [-0.15, -0.1) is 13.2 Å². The van der Waals surface area contributed by atoms with Crippen molar-refractivity contribution in [2.24, 2.45) is 5.92 Å². The molecule has 1 aromatic carbocycles. The van der Waals surface area contributed by atoms with Crippen LogP contribution in [0.5, 0.6) is 5.75 Å². The van der Waals surface area contributed by atoms with E-state index in [1.54, 1.807) is 6.07 Å². The topological polar surface area (TPSA) is 24.5 Å². The Kier molecular flexibility index (Phi) is 6.30. The van der Waals surface area contributed by atoms with Crippen LogP contribution in [0.15, 0.2) is 24.3 Å². The molecule has 0 saturated carbocycles. The second-order valence-electron chi connectivity index (χ2n) is 6.39. The van der Waals surface area contributed by atoms with Gasteiger partial charge in [-0.2, -0.15) is 0 Å². The van der Waals surface area contributed by atoms with Gasteiger partial charge in [-0.3, -0.25) is 4.90 Å². The lowest BCUT2D eigenvalue weighted by Gasteiger charge is -2.35. The molecule has 0 bridgehead atoms. The Bertz CT molecular complexity index is 485. The fourth-order valence-electron chi connectivity index (χ4n) is 2.96. The highest BCUT2D eigenvalue weighted by molar-refractivity contribution is 5.31. The van der Waals surface area contributed by atoms with E-state index in [1.165, 1.54) is 12.1 Å². The Morgan fingerprint density at radius 3 is 2.48 bits per heavy atom. The summed E-state index contributed by atoms with van der Waals surface area (Å²) in [6.07, 6.45) is -2.67. The molecule has 23 heavy (non-hydrogen) atoms. The highest BCUT2D eigenvalue weighted by Crippen LogP contribution is 2.31. The van der Waals surface area contributed by atoms with Gasteiger partial charge < -0.3 is 10.1 Å². The monoisotopic (exact) mass is 330 g/mol. The van der Waals surface area contributed by atoms with E-state index in [2.05, 4.69) is 28.8 Å². The molecule has 0 radical (unpaired) electrons. The molecule has 1 aliphatic rings. The number of ether oxygens (including phenoxy) is 1. The molecule has 1 atom stereocenters. The normalized spacial score (nSPS) is 18.2. The fraction of sp³-hybridized carbons (Fsp3) is 0.647. The lowest BCUT2D eigenvalue weighted by atomic mass is 9.95. The maximum atomic E-state index is 12.4. The second kappa shape index (κ2) is 8.02. The van der Waals surface area contributed by atoms with Gasteiger partial charge in [-0.1, -0.05) is 26.0 Å². The van der Waals surface area contributed by atoms with Gasteiger partial charge in [0.15, 0.2) is 0 Å². The number of nitrogens with zero attached hydrogens (tertiary/aromatic N) is 1. The van der Waals surface area contributed by atoms with E-state index in [4.69, 9.17) is 0 Å². The van der Waals surface area contributed by atoms with Crippen LogP contribution in [-0.4, -0.2) is 37.4 Å². The van der Waals surface area contributed by atoms with Gasteiger partial charge in [0.25, 0.3) is 0 Å². The molecule has 0 amide bonds. The predicted octanol–water partition coefficient (Wildman–Crippen LogP) is 3.97. The molecule has 6 heteroatoms. The molecule has 0 unspecified atom stereocenters. The SMILES string of the molecule is CC(C)CC[C@@H](c1cccc(OC(F)(F)F)c1)N1CCNCC1. The fourth-order valence-corrected chi connectivity index (χ4v) is 2.96. The molecule has 1 saturated heterocycles. The molecule has 3 nitrogen and oxygen atoms in total. The minimum absolute atomic E-state index is 0.135. The van der Waals surface area contributed by atoms with E-state index >= 15 is 0 Å². The van der Waals surface area contributed by atoms with Gasteiger partial charge in [0, 0.05) is 32.2 Å². The van der Waals surface area contributed by atoms with Crippen molar-refractivity contribution in [3.63, 3.8) is 0 Å². The zero-order valence-corrected chi connectivity index (χ0v) is 13.7. The summed E-state index contributed by atoms with van der Waals surface area (Å²) in [7, 11) is 0. The first-order chi connectivity index (χ1) is 10.8. The summed E-state index contributed by atoms with van der Waals surface area (Å²) < 4.78 is 41.4. The molecule has 0 aliphatic carbocycles. The molecule has 0 spiro atoms. The standard InChI is InChI=1S/C17H25F3N2O/c1-13(2)6-7-16(22-10-8-21-9-11-22)14-4-3-5-15(12-14)23-17(18,19)20/h3-5,12-13,16,21H,6-11H2,1-2H3/t16-/m0/s1. The average molecular weight is 330 g/mol. The molecule has 0 aromatic heterocycles. The van der Waals surface area contributed by atoms with E-state index in [-0.39, 0.29) is 11.8 Å². The van der Waals surface area contributed by atoms with Crippen molar-refractivity contribution in [2.45, 2.75) is 39.1 Å². The highest BCUT2D eigenvalue weighted by Gasteiger charge is 2.31. The molecule has 1 heterocycles. The summed E-state index contributed by atoms with van der Waals surface area (Å²) in [4.78, 5) is 2.35. The third kappa shape index (κ3) is 6.03. The summed E-state index contributed by atoms with van der Waals surface area (Å²) in [6.45, 7) is 7.98. The molecule has 2 rings (SSSR count). The van der Waals surface area contributed by atoms with E-state index in [0.717, 1.165) is 44.6 Å². The highest BCUT2D eigenvalue weighted by atomic mass is 19.4. The molecular weight excluding hydrogens is 305 g/mol. The number of halogens is 3. The first-order valence-corrected chi connectivity index (χ1v) is 8.15. The van der Waals surface area contributed by atoms with E-state index in [9.17, 15) is 13.2 Å². The van der Waals surface area contributed by atoms with E-state index < -0.39 is 6.36 Å². The number of benzene rings is 1. The number of rotatable bonds is 6. The van der Waals surface area contributed by atoms with Crippen molar-refractivity contribution < 1.29 is 17.9 Å². The summed E-state index contributed by atoms with van der Waals surface area (Å²) in [5, 5.41) is 3.31. The van der Waals surface area contributed by atoms with Crippen LogP contribution in [0.1, 0.15) is 38.3 Å². The largest absolute Gasteiger partial charge is 0.573 e. The van der Waals surface area contributed by atoms with Gasteiger partial charge in [-0.25, -0.2) is 0 Å². The molecule has 130 valence electrons. The third-order valence-electron chi connectivity index (χ3n) is 4.09. The number of hydrogen-bond acceptors (Lipinski definition) is 3. The first-order valence-electron chi connectivity index (χ1n) is 8.15. The molecule has 1 fully saturated rings. The van der Waals surface area contributed by atoms with Crippen LogP contribution in [0.2, 0.25) is 0 Å². The Morgan fingerprint density at radius 2 is 1.87 bits per heavy atom. The van der Waals surface area contributed by atoms with Crippen molar-refractivity contribution in [3.8, 4) is 5.75 Å². The third-order valence-corrected chi connectivity index (χ3v) is 4.09. The van der Waals surface area contributed by atoms with E-state index in [0.29, 0.717) is 5.92 Å². The molecule has 1 N–H and O–H groups in total. The van der Waals surface area contributed by atoms with Crippen LogP contribution in [0, 0.1) is 5.92 Å². The summed E-state index contributed by atoms with van der Waals surface area (Å²) in [5.41, 5.74) is 0.898. The minimum atomic E-state index is -4.65. The lowest BCUT2D eigenvalue weighted by molar-refractivity contribution is -0.274. The maximum absolute atomic E-state index is 12.4. The van der Waals surface area contributed by atoms with Crippen LogP contribution in [0.3, 0.4) is 0 Å². The molecular formula is C17H25F3N2O. The number of alkyl halides is 3. The van der Waals surface area contributed by atoms with Crippen LogP contribution in [-0.2, 0) is 0 Å². The van der Waals surface area contributed by atoms with Crippen molar-refractivity contribution >= 4 is 0 Å². The minimum Gasteiger partial charge on any atom is -0.406 e. The number of piperazine rings is 1. The number of nitrogens with one attached hydrogen (secondary N) is 1. The van der Waals surface area contributed by atoms with Crippen LogP contribution in [0.25, 0.3) is 0 Å². The lowest BCUT2D eigenvalue weighted by Crippen LogP contribution is -2.45. The first kappa shape index (κ1) is 18.1. The molecule has 1 aliphatic heterocycles. The Labute approximate surface area is 135 Å². The van der Waals surface area contributed by atoms with Crippen LogP contribution >= 0.6 is 0 Å². The van der Waals surface area contributed by atoms with Crippen LogP contribution < -0.4 is 10.1 Å².